The third-order valence-corrected chi connectivity index (χ3v) is 3.00. The van der Waals surface area contributed by atoms with Gasteiger partial charge in [-0.05, 0) is 11.0 Å². The summed E-state index contributed by atoms with van der Waals surface area (Å²) >= 11 is 5.45. The number of aliphatic hydroxyl groups excluding tert-OH is 1. The minimum absolute atomic E-state index is 0.104. The highest BCUT2D eigenvalue weighted by atomic mass is 35.5. The molecule has 1 aromatic heterocycles. The maximum atomic E-state index is 11.1. The van der Waals surface area contributed by atoms with Gasteiger partial charge >= 0.3 is 5.82 Å². The highest BCUT2D eigenvalue weighted by molar-refractivity contribution is 6.18. The SMILES string of the molecule is O=[N+]([O-])c1ccc2c([N+](=O)[O-])n(C[C@@H](O)CCl)nc2c1. The van der Waals surface area contributed by atoms with Gasteiger partial charge < -0.3 is 15.2 Å². The van der Waals surface area contributed by atoms with Gasteiger partial charge in [0.15, 0.2) is 0 Å². The number of halogens is 1. The van der Waals surface area contributed by atoms with Gasteiger partial charge in [0, 0.05) is 12.1 Å². The molecule has 10 heteroatoms. The van der Waals surface area contributed by atoms with Crippen molar-refractivity contribution >= 4 is 34.0 Å². The average molecular weight is 301 g/mol. The normalized spacial score (nSPS) is 12.5. The van der Waals surface area contributed by atoms with Crippen LogP contribution in [0.4, 0.5) is 11.5 Å². The lowest BCUT2D eigenvalue weighted by molar-refractivity contribution is -0.391. The summed E-state index contributed by atoms with van der Waals surface area (Å²) in [4.78, 5) is 20.5. The summed E-state index contributed by atoms with van der Waals surface area (Å²) in [5, 5.41) is 35.3. The third-order valence-electron chi connectivity index (χ3n) is 2.64. The zero-order valence-corrected chi connectivity index (χ0v) is 10.7. The molecule has 20 heavy (non-hydrogen) atoms. The molecule has 0 fully saturated rings. The molecule has 0 saturated carbocycles. The molecule has 1 N–H and O–H groups in total. The van der Waals surface area contributed by atoms with Crippen LogP contribution in [0.3, 0.4) is 0 Å². The number of aromatic nitrogens is 2. The summed E-state index contributed by atoms with van der Waals surface area (Å²) in [6.07, 6.45) is -1.00. The molecule has 0 aliphatic rings. The Kier molecular flexibility index (Phi) is 3.81. The molecule has 1 atom stereocenters. The summed E-state index contributed by atoms with van der Waals surface area (Å²) in [5.74, 6) is -0.438. The van der Waals surface area contributed by atoms with E-state index >= 15 is 0 Å². The van der Waals surface area contributed by atoms with Crippen LogP contribution in [-0.2, 0) is 6.54 Å². The second-order valence-corrected chi connectivity index (χ2v) is 4.34. The van der Waals surface area contributed by atoms with Gasteiger partial charge in [-0.1, -0.05) is 5.10 Å². The number of aliphatic hydroxyl groups is 1. The first kappa shape index (κ1) is 14.2. The number of hydrogen-bond acceptors (Lipinski definition) is 6. The maximum Gasteiger partial charge on any atom is 0.352 e. The first-order chi connectivity index (χ1) is 9.43. The number of nitro benzene ring substituents is 1. The minimum Gasteiger partial charge on any atom is -0.388 e. The second-order valence-electron chi connectivity index (χ2n) is 4.03. The summed E-state index contributed by atoms with van der Waals surface area (Å²) in [5.41, 5.74) is -0.0948. The summed E-state index contributed by atoms with van der Waals surface area (Å²) in [7, 11) is 0. The molecular weight excluding hydrogens is 292 g/mol. The van der Waals surface area contributed by atoms with Crippen molar-refractivity contribution in [3.63, 3.8) is 0 Å². The van der Waals surface area contributed by atoms with Crippen LogP contribution >= 0.6 is 11.6 Å². The fourth-order valence-corrected chi connectivity index (χ4v) is 1.89. The van der Waals surface area contributed by atoms with Gasteiger partial charge in [-0.2, -0.15) is 0 Å². The molecule has 0 bridgehead atoms. The minimum atomic E-state index is -1.00. The summed E-state index contributed by atoms with van der Waals surface area (Å²) in [6, 6.07) is 3.58. The standard InChI is InChI=1S/C10H9ClN4O5/c11-4-7(16)5-13-10(15(19)20)8-2-1-6(14(17)18)3-9(8)12-13/h1-3,7,16H,4-5H2/t7-/m0/s1. The van der Waals surface area contributed by atoms with Crippen molar-refractivity contribution in [3.8, 4) is 0 Å². The van der Waals surface area contributed by atoms with Crippen LogP contribution in [0.5, 0.6) is 0 Å². The molecule has 2 aromatic rings. The van der Waals surface area contributed by atoms with E-state index in [2.05, 4.69) is 5.10 Å². The molecule has 0 aliphatic carbocycles. The van der Waals surface area contributed by atoms with E-state index in [1.54, 1.807) is 0 Å². The van der Waals surface area contributed by atoms with Gasteiger partial charge in [-0.15, -0.1) is 16.3 Å². The van der Waals surface area contributed by atoms with Crippen molar-refractivity contribution < 1.29 is 15.0 Å². The Bertz CT molecular complexity index is 686. The Labute approximate surface area is 116 Å². The smallest absolute Gasteiger partial charge is 0.352 e. The molecule has 1 heterocycles. The topological polar surface area (TPSA) is 124 Å². The van der Waals surface area contributed by atoms with Gasteiger partial charge in [0.25, 0.3) is 5.69 Å². The Morgan fingerprint density at radius 3 is 2.60 bits per heavy atom. The highest BCUT2D eigenvalue weighted by Crippen LogP contribution is 2.28. The Morgan fingerprint density at radius 1 is 1.35 bits per heavy atom. The number of hydrogen-bond donors (Lipinski definition) is 1. The molecule has 0 amide bonds. The molecule has 9 nitrogen and oxygen atoms in total. The predicted molar refractivity (Wildman–Crippen MR) is 69.8 cm³/mol. The molecule has 0 aliphatic heterocycles. The lowest BCUT2D eigenvalue weighted by atomic mass is 10.2. The Morgan fingerprint density at radius 2 is 2.05 bits per heavy atom. The van der Waals surface area contributed by atoms with Crippen LogP contribution in [0.1, 0.15) is 0 Å². The maximum absolute atomic E-state index is 11.1. The zero-order chi connectivity index (χ0) is 14.9. The first-order valence-electron chi connectivity index (χ1n) is 5.47. The number of alkyl halides is 1. The van der Waals surface area contributed by atoms with Gasteiger partial charge in [0.05, 0.1) is 10.8 Å². The fourth-order valence-electron chi connectivity index (χ4n) is 1.79. The van der Waals surface area contributed by atoms with Gasteiger partial charge in [0.2, 0.25) is 0 Å². The largest absolute Gasteiger partial charge is 0.388 e. The van der Waals surface area contributed by atoms with E-state index in [4.69, 9.17) is 11.6 Å². The lowest BCUT2D eigenvalue weighted by Crippen LogP contribution is -2.19. The van der Waals surface area contributed by atoms with Crippen molar-refractivity contribution in [2.75, 3.05) is 5.88 Å². The summed E-state index contributed by atoms with van der Waals surface area (Å²) in [6.45, 7) is -0.164. The van der Waals surface area contributed by atoms with Crippen LogP contribution in [0.25, 0.3) is 10.9 Å². The van der Waals surface area contributed by atoms with E-state index in [0.29, 0.717) is 0 Å². The van der Waals surface area contributed by atoms with Crippen LogP contribution in [0, 0.1) is 20.2 Å². The van der Waals surface area contributed by atoms with E-state index in [1.807, 2.05) is 0 Å². The average Bonchev–Trinajstić information content (AvgIpc) is 2.74. The number of rotatable bonds is 5. The molecular formula is C10H9ClN4O5. The zero-order valence-electron chi connectivity index (χ0n) is 9.97. The predicted octanol–water partition coefficient (Wildman–Crippen LogP) is 1.45. The van der Waals surface area contributed by atoms with Gasteiger partial charge in [0.1, 0.15) is 23.6 Å². The first-order valence-corrected chi connectivity index (χ1v) is 6.01. The fraction of sp³-hybridized carbons (Fsp3) is 0.300. The van der Waals surface area contributed by atoms with Gasteiger partial charge in [-0.3, -0.25) is 10.1 Å². The van der Waals surface area contributed by atoms with Gasteiger partial charge in [-0.25, -0.2) is 0 Å². The van der Waals surface area contributed by atoms with Crippen molar-refractivity contribution in [2.24, 2.45) is 0 Å². The monoisotopic (exact) mass is 300 g/mol. The van der Waals surface area contributed by atoms with Crippen molar-refractivity contribution in [2.45, 2.75) is 12.6 Å². The second kappa shape index (κ2) is 5.39. The molecule has 0 radical (unpaired) electrons. The molecule has 0 saturated heterocycles. The molecule has 0 spiro atoms. The number of nitrogens with zero attached hydrogens (tertiary/aromatic N) is 4. The Balaban J connectivity index is 2.59. The van der Waals surface area contributed by atoms with Crippen LogP contribution in [0.2, 0.25) is 0 Å². The van der Waals surface area contributed by atoms with Crippen molar-refractivity contribution in [1.29, 1.82) is 0 Å². The van der Waals surface area contributed by atoms with E-state index in [9.17, 15) is 25.3 Å². The number of non-ortho nitro benzene ring substituents is 1. The van der Waals surface area contributed by atoms with Crippen molar-refractivity contribution in [1.82, 2.24) is 9.78 Å². The lowest BCUT2D eigenvalue weighted by Gasteiger charge is -2.03. The quantitative estimate of drug-likeness (QED) is 0.506. The molecule has 106 valence electrons. The molecule has 2 rings (SSSR count). The molecule has 1 aromatic carbocycles. The van der Waals surface area contributed by atoms with E-state index in [0.717, 1.165) is 10.7 Å². The van der Waals surface area contributed by atoms with Crippen LogP contribution < -0.4 is 0 Å². The van der Waals surface area contributed by atoms with Crippen LogP contribution in [0.15, 0.2) is 18.2 Å². The summed E-state index contributed by atoms with van der Waals surface area (Å²) < 4.78 is 0.988. The number of nitro groups is 2. The van der Waals surface area contributed by atoms with E-state index in [1.165, 1.54) is 12.1 Å². The highest BCUT2D eigenvalue weighted by Gasteiger charge is 2.25. The van der Waals surface area contributed by atoms with Crippen LogP contribution in [-0.4, -0.2) is 36.7 Å². The van der Waals surface area contributed by atoms with E-state index < -0.39 is 16.0 Å². The number of benzene rings is 1. The van der Waals surface area contributed by atoms with Crippen molar-refractivity contribution in [3.05, 3.63) is 38.4 Å². The molecule has 0 unspecified atom stereocenters. The number of fused-ring (bicyclic) bond motifs is 1. The third kappa shape index (κ3) is 2.53. The van der Waals surface area contributed by atoms with E-state index in [-0.39, 0.29) is 34.8 Å². The Hall–Kier alpha value is -2.26.